The molecule has 0 atom stereocenters. The highest BCUT2D eigenvalue weighted by atomic mass is 16.3. The lowest BCUT2D eigenvalue weighted by Gasteiger charge is -2.09. The first-order valence-electron chi connectivity index (χ1n) is 5.91. The summed E-state index contributed by atoms with van der Waals surface area (Å²) in [6.07, 6.45) is 0. The monoisotopic (exact) mass is 257 g/mol. The number of hydrogen-bond acceptors (Lipinski definition) is 3. The summed E-state index contributed by atoms with van der Waals surface area (Å²) in [5.74, 6) is -0.107. The lowest BCUT2D eigenvalue weighted by atomic mass is 10.1. The van der Waals surface area contributed by atoms with Crippen LogP contribution in [-0.2, 0) is 6.61 Å². The summed E-state index contributed by atoms with van der Waals surface area (Å²) in [6.45, 7) is 1.70. The molecule has 4 heteroatoms. The van der Waals surface area contributed by atoms with Crippen molar-refractivity contribution in [2.75, 3.05) is 5.32 Å². The Hall–Kier alpha value is -2.33. The van der Waals surface area contributed by atoms with Crippen molar-refractivity contribution in [3.8, 4) is 5.75 Å². The highest BCUT2D eigenvalue weighted by molar-refractivity contribution is 6.05. The number of aliphatic hydroxyl groups excluding tert-OH is 1. The van der Waals surface area contributed by atoms with Gasteiger partial charge in [0.05, 0.1) is 6.61 Å². The molecule has 1 amide bonds. The lowest BCUT2D eigenvalue weighted by molar-refractivity contribution is 0.102. The Bertz CT molecular complexity index is 608. The lowest BCUT2D eigenvalue weighted by Crippen LogP contribution is -2.13. The average molecular weight is 257 g/mol. The zero-order valence-corrected chi connectivity index (χ0v) is 10.6. The van der Waals surface area contributed by atoms with E-state index < -0.39 is 0 Å². The number of nitrogens with one attached hydrogen (secondary N) is 1. The predicted molar refractivity (Wildman–Crippen MR) is 73.2 cm³/mol. The van der Waals surface area contributed by atoms with Crippen molar-refractivity contribution >= 4 is 11.6 Å². The number of aliphatic hydroxyl groups is 1. The summed E-state index contributed by atoms with van der Waals surface area (Å²) in [6, 6.07) is 11.6. The number of phenolic OH excluding ortho intramolecular Hbond substituents is 1. The third-order valence-corrected chi connectivity index (χ3v) is 2.82. The van der Waals surface area contributed by atoms with Crippen LogP contribution in [0, 0.1) is 6.92 Å². The number of anilines is 1. The first-order valence-corrected chi connectivity index (χ1v) is 5.91. The van der Waals surface area contributed by atoms with Crippen LogP contribution >= 0.6 is 0 Å². The van der Waals surface area contributed by atoms with Crippen LogP contribution < -0.4 is 5.32 Å². The van der Waals surface area contributed by atoms with E-state index in [1.165, 1.54) is 6.07 Å². The molecule has 0 aliphatic heterocycles. The molecule has 2 aromatic carbocycles. The first kappa shape index (κ1) is 13.1. The fourth-order valence-corrected chi connectivity index (χ4v) is 1.85. The third kappa shape index (κ3) is 3.11. The molecule has 0 bridgehead atoms. The van der Waals surface area contributed by atoms with Gasteiger partial charge in [0.15, 0.2) is 0 Å². The summed E-state index contributed by atoms with van der Waals surface area (Å²) in [5, 5.41) is 21.1. The molecule has 19 heavy (non-hydrogen) atoms. The number of amides is 1. The fourth-order valence-electron chi connectivity index (χ4n) is 1.85. The van der Waals surface area contributed by atoms with Gasteiger partial charge in [0.25, 0.3) is 5.91 Å². The minimum Gasteiger partial charge on any atom is -0.508 e. The largest absolute Gasteiger partial charge is 0.508 e. The van der Waals surface area contributed by atoms with Gasteiger partial charge >= 0.3 is 0 Å². The molecule has 0 saturated heterocycles. The summed E-state index contributed by atoms with van der Waals surface area (Å²) in [7, 11) is 0. The van der Waals surface area contributed by atoms with Gasteiger partial charge in [-0.25, -0.2) is 0 Å². The highest BCUT2D eigenvalue weighted by Gasteiger charge is 2.09. The Labute approximate surface area is 111 Å². The Morgan fingerprint density at radius 3 is 2.68 bits per heavy atom. The molecule has 0 fully saturated rings. The van der Waals surface area contributed by atoms with Gasteiger partial charge in [0.2, 0.25) is 0 Å². The Morgan fingerprint density at radius 2 is 2.00 bits per heavy atom. The van der Waals surface area contributed by atoms with Crippen molar-refractivity contribution in [3.63, 3.8) is 0 Å². The van der Waals surface area contributed by atoms with E-state index in [0.29, 0.717) is 16.8 Å². The van der Waals surface area contributed by atoms with Crippen LogP contribution in [0.15, 0.2) is 42.5 Å². The summed E-state index contributed by atoms with van der Waals surface area (Å²) >= 11 is 0. The molecule has 0 saturated carbocycles. The number of carbonyl (C=O) groups excluding carboxylic acids is 1. The standard InChI is InChI=1S/C15H15NO3/c1-10-7-13(18)5-6-14(10)15(19)16-12-4-2-3-11(8-12)9-17/h2-8,17-18H,9H2,1H3,(H,16,19). The van der Waals surface area contributed by atoms with E-state index in [4.69, 9.17) is 5.11 Å². The van der Waals surface area contributed by atoms with Gasteiger partial charge in [0, 0.05) is 11.3 Å². The molecule has 2 rings (SSSR count). The number of hydrogen-bond donors (Lipinski definition) is 3. The molecule has 0 radical (unpaired) electrons. The molecular formula is C15H15NO3. The van der Waals surface area contributed by atoms with Gasteiger partial charge < -0.3 is 15.5 Å². The second-order valence-corrected chi connectivity index (χ2v) is 4.31. The molecule has 98 valence electrons. The van der Waals surface area contributed by atoms with Crippen molar-refractivity contribution in [1.82, 2.24) is 0 Å². The zero-order valence-electron chi connectivity index (χ0n) is 10.6. The van der Waals surface area contributed by atoms with Crippen LogP contribution in [0.25, 0.3) is 0 Å². The quantitative estimate of drug-likeness (QED) is 0.791. The van der Waals surface area contributed by atoms with Crippen molar-refractivity contribution in [3.05, 3.63) is 59.2 Å². The van der Waals surface area contributed by atoms with Gasteiger partial charge in [0.1, 0.15) is 5.75 Å². The normalized spacial score (nSPS) is 10.2. The molecule has 3 N–H and O–H groups in total. The maximum atomic E-state index is 12.1. The third-order valence-electron chi connectivity index (χ3n) is 2.82. The molecule has 0 aliphatic carbocycles. The topological polar surface area (TPSA) is 69.6 Å². The number of carbonyl (C=O) groups is 1. The maximum absolute atomic E-state index is 12.1. The van der Waals surface area contributed by atoms with Gasteiger partial charge in [-0.1, -0.05) is 12.1 Å². The van der Waals surface area contributed by atoms with E-state index in [1.807, 2.05) is 0 Å². The molecule has 0 aromatic heterocycles. The minimum atomic E-state index is -0.243. The fraction of sp³-hybridized carbons (Fsp3) is 0.133. The van der Waals surface area contributed by atoms with Crippen LogP contribution in [0.2, 0.25) is 0 Å². The summed E-state index contributed by atoms with van der Waals surface area (Å²) in [4.78, 5) is 12.1. The van der Waals surface area contributed by atoms with E-state index in [9.17, 15) is 9.90 Å². The van der Waals surface area contributed by atoms with E-state index in [0.717, 1.165) is 5.56 Å². The van der Waals surface area contributed by atoms with Gasteiger partial charge in [-0.15, -0.1) is 0 Å². The Morgan fingerprint density at radius 1 is 1.21 bits per heavy atom. The molecule has 4 nitrogen and oxygen atoms in total. The number of aromatic hydroxyl groups is 1. The van der Waals surface area contributed by atoms with Crippen molar-refractivity contribution in [1.29, 1.82) is 0 Å². The second-order valence-electron chi connectivity index (χ2n) is 4.31. The van der Waals surface area contributed by atoms with Crippen molar-refractivity contribution < 1.29 is 15.0 Å². The SMILES string of the molecule is Cc1cc(O)ccc1C(=O)Nc1cccc(CO)c1. The summed E-state index contributed by atoms with van der Waals surface area (Å²) < 4.78 is 0. The molecule has 0 aliphatic rings. The van der Waals surface area contributed by atoms with E-state index >= 15 is 0 Å². The molecular weight excluding hydrogens is 242 g/mol. The van der Waals surface area contributed by atoms with Gasteiger partial charge in [-0.05, 0) is 48.4 Å². The Balaban J connectivity index is 2.20. The van der Waals surface area contributed by atoms with Crippen LogP contribution in [-0.4, -0.2) is 16.1 Å². The van der Waals surface area contributed by atoms with Crippen LogP contribution in [0.1, 0.15) is 21.5 Å². The molecule has 2 aromatic rings. The van der Waals surface area contributed by atoms with Crippen LogP contribution in [0.5, 0.6) is 5.75 Å². The average Bonchev–Trinajstić information content (AvgIpc) is 2.38. The minimum absolute atomic E-state index is 0.0675. The zero-order chi connectivity index (χ0) is 13.8. The molecule has 0 spiro atoms. The van der Waals surface area contributed by atoms with Crippen molar-refractivity contribution in [2.45, 2.75) is 13.5 Å². The Kier molecular flexibility index (Phi) is 3.82. The number of benzene rings is 2. The van der Waals surface area contributed by atoms with E-state index in [2.05, 4.69) is 5.32 Å². The predicted octanol–water partition coefficient (Wildman–Crippen LogP) is 2.45. The smallest absolute Gasteiger partial charge is 0.255 e. The second kappa shape index (κ2) is 5.54. The van der Waals surface area contributed by atoms with Crippen LogP contribution in [0.4, 0.5) is 5.69 Å². The number of rotatable bonds is 3. The van der Waals surface area contributed by atoms with Crippen LogP contribution in [0.3, 0.4) is 0 Å². The molecule has 0 unspecified atom stereocenters. The van der Waals surface area contributed by atoms with E-state index in [-0.39, 0.29) is 18.3 Å². The summed E-state index contributed by atoms with van der Waals surface area (Å²) in [5.41, 5.74) is 2.58. The highest BCUT2D eigenvalue weighted by Crippen LogP contribution is 2.18. The number of aryl methyl sites for hydroxylation is 1. The van der Waals surface area contributed by atoms with Crippen molar-refractivity contribution in [2.24, 2.45) is 0 Å². The van der Waals surface area contributed by atoms with E-state index in [1.54, 1.807) is 43.3 Å². The molecule has 0 heterocycles. The van der Waals surface area contributed by atoms with Gasteiger partial charge in [-0.2, -0.15) is 0 Å². The maximum Gasteiger partial charge on any atom is 0.255 e. The number of phenols is 1. The van der Waals surface area contributed by atoms with Gasteiger partial charge in [-0.3, -0.25) is 4.79 Å². The first-order chi connectivity index (χ1) is 9.10.